The van der Waals surface area contributed by atoms with Gasteiger partial charge in [-0.05, 0) is 29.8 Å². The van der Waals surface area contributed by atoms with E-state index >= 15 is 0 Å². The Hall–Kier alpha value is -1.57. The van der Waals surface area contributed by atoms with E-state index in [1.165, 1.54) is 12.1 Å². The number of hydrogen-bond donors (Lipinski definition) is 0. The van der Waals surface area contributed by atoms with Gasteiger partial charge in [0.2, 0.25) is 0 Å². The lowest BCUT2D eigenvalue weighted by molar-refractivity contribution is 0.476. The molecule has 0 fully saturated rings. The molecule has 2 nitrogen and oxygen atoms in total. The average Bonchev–Trinajstić information content (AvgIpc) is 2.39. The van der Waals surface area contributed by atoms with Gasteiger partial charge >= 0.3 is 0 Å². The van der Waals surface area contributed by atoms with Gasteiger partial charge in [0.1, 0.15) is 23.4 Å². The number of rotatable bonds is 3. The first-order valence-electron chi connectivity index (χ1n) is 5.36. The first-order valence-corrected chi connectivity index (χ1v) is 6.68. The predicted octanol–water partition coefficient (Wildman–Crippen LogP) is 4.99. The SMILES string of the molecule is N#Cc1ccc(Oc2ccc(CCl)c(Br)c2)cc1F. The van der Waals surface area contributed by atoms with Crippen LogP contribution in [0.1, 0.15) is 11.1 Å². The van der Waals surface area contributed by atoms with Crippen LogP contribution in [-0.2, 0) is 5.88 Å². The average molecular weight is 341 g/mol. The molecule has 0 unspecified atom stereocenters. The summed E-state index contributed by atoms with van der Waals surface area (Å²) >= 11 is 9.12. The Morgan fingerprint density at radius 3 is 2.47 bits per heavy atom. The highest BCUT2D eigenvalue weighted by molar-refractivity contribution is 9.10. The summed E-state index contributed by atoms with van der Waals surface area (Å²) in [6.45, 7) is 0. The summed E-state index contributed by atoms with van der Waals surface area (Å²) in [7, 11) is 0. The number of nitriles is 1. The van der Waals surface area contributed by atoms with Crippen LogP contribution >= 0.6 is 27.5 Å². The molecule has 19 heavy (non-hydrogen) atoms. The van der Waals surface area contributed by atoms with E-state index in [1.54, 1.807) is 24.3 Å². The molecule has 0 aliphatic rings. The Bertz CT molecular complexity index is 654. The second-order valence-corrected chi connectivity index (χ2v) is 4.86. The van der Waals surface area contributed by atoms with Crippen LogP contribution in [0.4, 0.5) is 4.39 Å². The van der Waals surface area contributed by atoms with E-state index < -0.39 is 5.82 Å². The molecule has 0 spiro atoms. The molecule has 0 N–H and O–H groups in total. The minimum atomic E-state index is -0.601. The first kappa shape index (κ1) is 13.9. The quantitative estimate of drug-likeness (QED) is 0.737. The molecule has 2 aromatic rings. The number of benzene rings is 2. The Morgan fingerprint density at radius 2 is 1.89 bits per heavy atom. The molecule has 5 heteroatoms. The molecule has 0 radical (unpaired) electrons. The van der Waals surface area contributed by atoms with Gasteiger partial charge in [-0.15, -0.1) is 11.6 Å². The maximum Gasteiger partial charge on any atom is 0.144 e. The summed E-state index contributed by atoms with van der Waals surface area (Å²) in [4.78, 5) is 0. The van der Waals surface area contributed by atoms with Crippen LogP contribution < -0.4 is 4.74 Å². The number of nitrogens with zero attached hydrogens (tertiary/aromatic N) is 1. The van der Waals surface area contributed by atoms with Crippen molar-refractivity contribution in [2.75, 3.05) is 0 Å². The highest BCUT2D eigenvalue weighted by atomic mass is 79.9. The fourth-order valence-electron chi connectivity index (χ4n) is 1.49. The van der Waals surface area contributed by atoms with Crippen molar-refractivity contribution in [1.82, 2.24) is 0 Å². The van der Waals surface area contributed by atoms with Crippen LogP contribution in [0.15, 0.2) is 40.9 Å². The van der Waals surface area contributed by atoms with Crippen molar-refractivity contribution in [1.29, 1.82) is 5.26 Å². The Balaban J connectivity index is 2.24. The molecular weight excluding hydrogens is 333 g/mol. The zero-order valence-electron chi connectivity index (χ0n) is 9.66. The Kier molecular flexibility index (Phi) is 4.41. The largest absolute Gasteiger partial charge is 0.457 e. The molecule has 0 aliphatic carbocycles. The van der Waals surface area contributed by atoms with Crippen LogP contribution in [0.5, 0.6) is 11.5 Å². The molecule has 96 valence electrons. The van der Waals surface area contributed by atoms with E-state index in [0.29, 0.717) is 17.4 Å². The number of alkyl halides is 1. The molecule has 0 bridgehead atoms. The van der Waals surface area contributed by atoms with Crippen molar-refractivity contribution in [3.8, 4) is 17.6 Å². The summed E-state index contributed by atoms with van der Waals surface area (Å²) in [5.41, 5.74) is 0.936. The van der Waals surface area contributed by atoms with Gasteiger partial charge in [-0.3, -0.25) is 0 Å². The molecule has 0 aromatic heterocycles. The van der Waals surface area contributed by atoms with Gasteiger partial charge in [-0.1, -0.05) is 22.0 Å². The molecular formula is C14H8BrClFNO. The molecule has 2 rings (SSSR count). The van der Waals surface area contributed by atoms with Crippen molar-refractivity contribution in [3.05, 3.63) is 57.8 Å². The third kappa shape index (κ3) is 3.25. The predicted molar refractivity (Wildman–Crippen MR) is 74.9 cm³/mol. The lowest BCUT2D eigenvalue weighted by Gasteiger charge is -2.08. The summed E-state index contributed by atoms with van der Waals surface area (Å²) in [6.07, 6.45) is 0. The second kappa shape index (κ2) is 6.05. The topological polar surface area (TPSA) is 33.0 Å². The van der Waals surface area contributed by atoms with Gasteiger partial charge in [-0.25, -0.2) is 4.39 Å². The van der Waals surface area contributed by atoms with E-state index in [4.69, 9.17) is 21.6 Å². The smallest absolute Gasteiger partial charge is 0.144 e. The van der Waals surface area contributed by atoms with Crippen molar-refractivity contribution in [3.63, 3.8) is 0 Å². The van der Waals surface area contributed by atoms with Crippen LogP contribution in [0.2, 0.25) is 0 Å². The summed E-state index contributed by atoms with van der Waals surface area (Å²) in [5, 5.41) is 8.64. The van der Waals surface area contributed by atoms with Crippen LogP contribution in [0, 0.1) is 17.1 Å². The first-order chi connectivity index (χ1) is 9.13. The number of ether oxygens (including phenoxy) is 1. The normalized spacial score (nSPS) is 10.0. The lowest BCUT2D eigenvalue weighted by atomic mass is 10.2. The zero-order chi connectivity index (χ0) is 13.8. The van der Waals surface area contributed by atoms with Crippen molar-refractivity contribution >= 4 is 27.5 Å². The van der Waals surface area contributed by atoms with E-state index in [1.807, 2.05) is 6.07 Å². The van der Waals surface area contributed by atoms with E-state index in [0.717, 1.165) is 10.0 Å². The standard InChI is InChI=1S/C14H8BrClFNO/c15-13-5-11(3-1-9(13)7-16)19-12-4-2-10(8-18)14(17)6-12/h1-6H,7H2. The lowest BCUT2D eigenvalue weighted by Crippen LogP contribution is -1.89. The molecule has 2 aromatic carbocycles. The summed E-state index contributed by atoms with van der Waals surface area (Å²) < 4.78 is 19.8. The van der Waals surface area contributed by atoms with Crippen molar-refractivity contribution in [2.24, 2.45) is 0 Å². The van der Waals surface area contributed by atoms with Gasteiger partial charge < -0.3 is 4.74 Å². The van der Waals surface area contributed by atoms with Gasteiger partial charge in [0.15, 0.2) is 0 Å². The van der Waals surface area contributed by atoms with E-state index in [2.05, 4.69) is 15.9 Å². The van der Waals surface area contributed by atoms with Crippen LogP contribution in [-0.4, -0.2) is 0 Å². The maximum atomic E-state index is 13.4. The minimum absolute atomic E-state index is 0.00832. The summed E-state index contributed by atoms with van der Waals surface area (Å²) in [6, 6.07) is 11.2. The molecule has 0 saturated heterocycles. The fourth-order valence-corrected chi connectivity index (χ4v) is 2.38. The molecule has 0 atom stereocenters. The van der Waals surface area contributed by atoms with E-state index in [9.17, 15) is 4.39 Å². The van der Waals surface area contributed by atoms with Crippen molar-refractivity contribution in [2.45, 2.75) is 5.88 Å². The van der Waals surface area contributed by atoms with Crippen molar-refractivity contribution < 1.29 is 9.13 Å². The number of hydrogen-bond acceptors (Lipinski definition) is 2. The third-order valence-electron chi connectivity index (χ3n) is 2.47. The van der Waals surface area contributed by atoms with Crippen LogP contribution in [0.25, 0.3) is 0 Å². The molecule has 0 heterocycles. The van der Waals surface area contributed by atoms with Gasteiger partial charge in [0.05, 0.1) is 5.56 Å². The molecule has 0 aliphatic heterocycles. The van der Waals surface area contributed by atoms with Crippen LogP contribution in [0.3, 0.4) is 0 Å². The van der Waals surface area contributed by atoms with Gasteiger partial charge in [0, 0.05) is 16.4 Å². The second-order valence-electron chi connectivity index (χ2n) is 3.74. The highest BCUT2D eigenvalue weighted by Crippen LogP contribution is 2.28. The minimum Gasteiger partial charge on any atom is -0.457 e. The van der Waals surface area contributed by atoms with Gasteiger partial charge in [0.25, 0.3) is 0 Å². The maximum absolute atomic E-state index is 13.4. The van der Waals surface area contributed by atoms with Gasteiger partial charge in [-0.2, -0.15) is 5.26 Å². The molecule has 0 amide bonds. The molecule has 0 saturated carbocycles. The fraction of sp³-hybridized carbons (Fsp3) is 0.0714. The Morgan fingerprint density at radius 1 is 1.21 bits per heavy atom. The number of halogens is 3. The summed E-state index contributed by atoms with van der Waals surface area (Å²) in [5.74, 6) is 0.690. The Labute approximate surface area is 123 Å². The third-order valence-corrected chi connectivity index (χ3v) is 3.49. The van der Waals surface area contributed by atoms with E-state index in [-0.39, 0.29) is 5.56 Å². The zero-order valence-corrected chi connectivity index (χ0v) is 12.0. The highest BCUT2D eigenvalue weighted by Gasteiger charge is 2.06. The monoisotopic (exact) mass is 339 g/mol.